The van der Waals surface area contributed by atoms with Gasteiger partial charge < -0.3 is 18.9 Å². The van der Waals surface area contributed by atoms with Crippen LogP contribution in [-0.2, 0) is 35.1 Å². The lowest BCUT2D eigenvalue weighted by atomic mass is 10.1. The summed E-state index contributed by atoms with van der Waals surface area (Å²) in [4.78, 5) is 50.8. The first-order valence-corrected chi connectivity index (χ1v) is 9.76. The van der Waals surface area contributed by atoms with Gasteiger partial charge in [-0.2, -0.15) is 4.90 Å². The summed E-state index contributed by atoms with van der Waals surface area (Å²) < 4.78 is 20.4. The van der Waals surface area contributed by atoms with Gasteiger partial charge in [0.1, 0.15) is 17.8 Å². The zero-order valence-corrected chi connectivity index (χ0v) is 19.1. The van der Waals surface area contributed by atoms with E-state index in [1.165, 1.54) is 0 Å². The molecule has 0 saturated heterocycles. The molecule has 1 aromatic rings. The van der Waals surface area contributed by atoms with Crippen LogP contribution in [0.2, 0.25) is 0 Å². The van der Waals surface area contributed by atoms with Crippen molar-refractivity contribution in [2.75, 3.05) is 7.11 Å². The molecule has 31 heavy (non-hydrogen) atoms. The molecule has 0 unspecified atom stereocenters. The number of carbonyl (C=O) groups excluding carboxylic acids is 4. The third kappa shape index (κ3) is 9.50. The first kappa shape index (κ1) is 25.9. The summed E-state index contributed by atoms with van der Waals surface area (Å²) in [6.07, 6.45) is -2.92. The second-order valence-electron chi connectivity index (χ2n) is 8.72. The summed E-state index contributed by atoms with van der Waals surface area (Å²) in [7, 11) is 1.08. The fourth-order valence-corrected chi connectivity index (χ4v) is 2.32. The summed E-state index contributed by atoms with van der Waals surface area (Å²) in [5.74, 6) is -1.80. The van der Waals surface area contributed by atoms with Gasteiger partial charge in [-0.05, 0) is 47.1 Å². The van der Waals surface area contributed by atoms with Crippen molar-refractivity contribution in [3.8, 4) is 0 Å². The fraction of sp³-hybridized carbons (Fsp3) is 0.545. The van der Waals surface area contributed by atoms with Crippen LogP contribution in [0.5, 0.6) is 0 Å². The summed E-state index contributed by atoms with van der Waals surface area (Å²) in [6.45, 7) is 9.54. The van der Waals surface area contributed by atoms with E-state index in [1.54, 1.807) is 65.8 Å². The molecule has 0 heterocycles. The van der Waals surface area contributed by atoms with Crippen LogP contribution in [0, 0.1) is 0 Å². The van der Waals surface area contributed by atoms with E-state index in [9.17, 15) is 19.2 Å². The number of rotatable bonds is 6. The van der Waals surface area contributed by atoms with Crippen LogP contribution in [0.3, 0.4) is 0 Å². The van der Waals surface area contributed by atoms with Gasteiger partial charge in [-0.1, -0.05) is 30.3 Å². The second kappa shape index (κ2) is 10.8. The summed E-state index contributed by atoms with van der Waals surface area (Å²) in [5.41, 5.74) is -1.20. The van der Waals surface area contributed by atoms with E-state index in [4.69, 9.17) is 18.9 Å². The van der Waals surface area contributed by atoms with E-state index in [0.717, 1.165) is 12.7 Å². The number of benzene rings is 1. The third-order valence-electron chi connectivity index (χ3n) is 3.57. The van der Waals surface area contributed by atoms with Gasteiger partial charge in [-0.25, -0.2) is 14.4 Å². The van der Waals surface area contributed by atoms with Crippen molar-refractivity contribution >= 4 is 24.1 Å². The maximum atomic E-state index is 12.8. The predicted octanol–water partition coefficient (Wildman–Crippen LogP) is 3.83. The lowest BCUT2D eigenvalue weighted by molar-refractivity contribution is -0.154. The Balaban J connectivity index is 3.11. The number of ether oxygens (including phenoxy) is 4. The topological polar surface area (TPSA) is 108 Å². The molecular formula is C22H31NO8. The van der Waals surface area contributed by atoms with Crippen LogP contribution in [0.4, 0.5) is 9.59 Å². The number of nitrogens with zero attached hydrogens (tertiary/aromatic N) is 1. The van der Waals surface area contributed by atoms with Crippen molar-refractivity contribution in [3.05, 3.63) is 35.9 Å². The van der Waals surface area contributed by atoms with Gasteiger partial charge in [0.05, 0.1) is 13.5 Å². The highest BCUT2D eigenvalue weighted by atomic mass is 16.6. The van der Waals surface area contributed by atoms with Crippen LogP contribution in [0.15, 0.2) is 30.3 Å². The van der Waals surface area contributed by atoms with E-state index < -0.39 is 47.8 Å². The summed E-state index contributed by atoms with van der Waals surface area (Å²) in [5, 5.41) is 0. The van der Waals surface area contributed by atoms with E-state index in [0.29, 0.717) is 4.90 Å². The molecule has 0 spiro atoms. The van der Waals surface area contributed by atoms with E-state index in [-0.39, 0.29) is 6.61 Å². The molecule has 1 rings (SSSR count). The standard InChI is InChI=1S/C22H31NO8/c1-21(2,3)30-19(26)23(20(27)31-22(4,5)6)16(18(25)28-7)13-17(24)29-14-15-11-9-8-10-12-15/h8-12,16H,13-14H2,1-7H3/t16-/m0/s1. The number of carbonyl (C=O) groups is 4. The van der Waals surface area contributed by atoms with Crippen molar-refractivity contribution in [3.63, 3.8) is 0 Å². The highest BCUT2D eigenvalue weighted by molar-refractivity contribution is 5.95. The monoisotopic (exact) mass is 437 g/mol. The van der Waals surface area contributed by atoms with Crippen LogP contribution < -0.4 is 0 Å². The molecule has 0 saturated carbocycles. The molecule has 0 radical (unpaired) electrons. The normalized spacial score (nSPS) is 12.4. The van der Waals surface area contributed by atoms with Crippen LogP contribution in [0.25, 0.3) is 0 Å². The van der Waals surface area contributed by atoms with Crippen molar-refractivity contribution < 1.29 is 38.1 Å². The minimum Gasteiger partial charge on any atom is -0.467 e. The number of imide groups is 1. The van der Waals surface area contributed by atoms with Gasteiger partial charge in [0.2, 0.25) is 0 Å². The maximum absolute atomic E-state index is 12.8. The van der Waals surface area contributed by atoms with Gasteiger partial charge in [0, 0.05) is 0 Å². The molecule has 0 fully saturated rings. The van der Waals surface area contributed by atoms with Crippen molar-refractivity contribution in [2.24, 2.45) is 0 Å². The minimum absolute atomic E-state index is 0.0353. The van der Waals surface area contributed by atoms with Crippen molar-refractivity contribution in [1.82, 2.24) is 4.90 Å². The lowest BCUT2D eigenvalue weighted by Crippen LogP contribution is -2.53. The highest BCUT2D eigenvalue weighted by Crippen LogP contribution is 2.19. The van der Waals surface area contributed by atoms with Gasteiger partial charge in [0.15, 0.2) is 6.04 Å². The number of hydrogen-bond donors (Lipinski definition) is 0. The number of esters is 2. The average molecular weight is 437 g/mol. The largest absolute Gasteiger partial charge is 0.467 e. The van der Waals surface area contributed by atoms with Crippen LogP contribution in [0.1, 0.15) is 53.5 Å². The molecule has 0 bridgehead atoms. The first-order valence-electron chi connectivity index (χ1n) is 9.76. The lowest BCUT2D eigenvalue weighted by Gasteiger charge is -2.31. The molecule has 9 heteroatoms. The molecule has 1 atom stereocenters. The van der Waals surface area contributed by atoms with Gasteiger partial charge >= 0.3 is 24.1 Å². The molecule has 1 aromatic carbocycles. The third-order valence-corrected chi connectivity index (χ3v) is 3.57. The molecule has 0 aromatic heterocycles. The Morgan fingerprint density at radius 1 is 0.871 bits per heavy atom. The molecule has 0 aliphatic carbocycles. The van der Waals surface area contributed by atoms with E-state index >= 15 is 0 Å². The Labute approximate surface area is 182 Å². The van der Waals surface area contributed by atoms with Crippen molar-refractivity contribution in [1.29, 1.82) is 0 Å². The van der Waals surface area contributed by atoms with E-state index in [2.05, 4.69) is 0 Å². The summed E-state index contributed by atoms with van der Waals surface area (Å²) >= 11 is 0. The molecule has 0 aliphatic rings. The zero-order valence-electron chi connectivity index (χ0n) is 19.1. The molecule has 9 nitrogen and oxygen atoms in total. The fourth-order valence-electron chi connectivity index (χ4n) is 2.32. The smallest absolute Gasteiger partial charge is 0.420 e. The highest BCUT2D eigenvalue weighted by Gasteiger charge is 2.42. The first-order chi connectivity index (χ1) is 14.2. The maximum Gasteiger partial charge on any atom is 0.420 e. The molecule has 0 N–H and O–H groups in total. The number of methoxy groups -OCH3 is 1. The molecule has 172 valence electrons. The Hall–Kier alpha value is -3.10. The Bertz CT molecular complexity index is 749. The van der Waals surface area contributed by atoms with E-state index in [1.807, 2.05) is 6.07 Å². The van der Waals surface area contributed by atoms with Gasteiger partial charge in [-0.15, -0.1) is 0 Å². The molecule has 0 aliphatic heterocycles. The minimum atomic E-state index is -1.63. The number of hydrogen-bond acceptors (Lipinski definition) is 8. The van der Waals surface area contributed by atoms with Gasteiger partial charge in [0.25, 0.3) is 0 Å². The Morgan fingerprint density at radius 2 is 1.35 bits per heavy atom. The SMILES string of the molecule is COC(=O)[C@H](CC(=O)OCc1ccccc1)N(C(=O)OC(C)(C)C)C(=O)OC(C)(C)C. The predicted molar refractivity (Wildman–Crippen MR) is 111 cm³/mol. The molecular weight excluding hydrogens is 406 g/mol. The van der Waals surface area contributed by atoms with Gasteiger partial charge in [-0.3, -0.25) is 4.79 Å². The second-order valence-corrected chi connectivity index (χ2v) is 8.72. The Morgan fingerprint density at radius 3 is 1.77 bits per heavy atom. The molecule has 2 amide bonds. The number of amides is 2. The van der Waals surface area contributed by atoms with Crippen LogP contribution in [-0.4, -0.2) is 53.4 Å². The quantitative estimate of drug-likeness (QED) is 0.488. The van der Waals surface area contributed by atoms with Crippen LogP contribution >= 0.6 is 0 Å². The zero-order chi connectivity index (χ0) is 23.8. The Kier molecular flexibility index (Phi) is 9.02. The van der Waals surface area contributed by atoms with Crippen molar-refractivity contribution in [2.45, 2.75) is 71.8 Å². The summed E-state index contributed by atoms with van der Waals surface area (Å²) in [6, 6.07) is 7.29. The average Bonchev–Trinajstić information content (AvgIpc) is 2.63.